The van der Waals surface area contributed by atoms with Crippen LogP contribution in [0.2, 0.25) is 0 Å². The fourth-order valence-corrected chi connectivity index (χ4v) is 3.11. The minimum absolute atomic E-state index is 0.233. The first-order chi connectivity index (χ1) is 12.2. The molecule has 0 aromatic heterocycles. The predicted molar refractivity (Wildman–Crippen MR) is 100 cm³/mol. The maximum absolute atomic E-state index is 9.74. The summed E-state index contributed by atoms with van der Waals surface area (Å²) in [6, 6.07) is 8.17. The molecule has 0 bridgehead atoms. The molecule has 0 saturated carbocycles. The number of rotatable bonds is 9. The number of hydrogen-bond acceptors (Lipinski definition) is 5. The Bertz CT molecular complexity index is 563. The topological polar surface area (TPSA) is 48.7 Å². The third kappa shape index (κ3) is 5.35. The molecule has 138 valence electrons. The molecule has 1 unspecified atom stereocenters. The largest absolute Gasteiger partial charge is 0.490 e. The highest BCUT2D eigenvalue weighted by atomic mass is 16.5. The van der Waals surface area contributed by atoms with Gasteiger partial charge in [0.2, 0.25) is 0 Å². The summed E-state index contributed by atoms with van der Waals surface area (Å²) in [7, 11) is 0. The van der Waals surface area contributed by atoms with E-state index in [1.807, 2.05) is 25.1 Å². The number of benzene rings is 1. The van der Waals surface area contributed by atoms with Crippen LogP contribution < -0.4 is 9.47 Å². The van der Waals surface area contributed by atoms with Crippen molar-refractivity contribution in [1.82, 2.24) is 9.80 Å². The van der Waals surface area contributed by atoms with Crippen LogP contribution in [0, 0.1) is 11.3 Å². The monoisotopic (exact) mass is 345 g/mol. The van der Waals surface area contributed by atoms with Crippen LogP contribution in [0.4, 0.5) is 0 Å². The van der Waals surface area contributed by atoms with Gasteiger partial charge in [0.25, 0.3) is 0 Å². The van der Waals surface area contributed by atoms with Crippen LogP contribution in [0.1, 0.15) is 45.2 Å². The van der Waals surface area contributed by atoms with E-state index in [1.54, 1.807) is 0 Å². The molecule has 1 aliphatic rings. The zero-order valence-corrected chi connectivity index (χ0v) is 15.8. The highest BCUT2D eigenvalue weighted by Crippen LogP contribution is 2.33. The van der Waals surface area contributed by atoms with Crippen molar-refractivity contribution < 1.29 is 9.47 Å². The maximum Gasteiger partial charge on any atom is 0.161 e. The molecule has 0 aliphatic carbocycles. The third-order valence-corrected chi connectivity index (χ3v) is 4.68. The predicted octanol–water partition coefficient (Wildman–Crippen LogP) is 3.47. The number of piperazine rings is 1. The number of likely N-dealkylation sites (N-methyl/N-ethyl adjacent to an activating group) is 1. The molecule has 0 spiro atoms. The highest BCUT2D eigenvalue weighted by Gasteiger charge is 2.25. The van der Waals surface area contributed by atoms with Gasteiger partial charge in [-0.3, -0.25) is 4.90 Å². The number of nitrogens with zero attached hydrogens (tertiary/aromatic N) is 3. The molecule has 1 heterocycles. The normalized spacial score (nSPS) is 17.0. The molecule has 1 aliphatic heterocycles. The van der Waals surface area contributed by atoms with E-state index >= 15 is 0 Å². The molecular formula is C20H31N3O2. The van der Waals surface area contributed by atoms with Gasteiger partial charge in [-0.05, 0) is 37.6 Å². The van der Waals surface area contributed by atoms with Gasteiger partial charge in [0, 0.05) is 26.2 Å². The van der Waals surface area contributed by atoms with Gasteiger partial charge in [-0.2, -0.15) is 5.26 Å². The lowest BCUT2D eigenvalue weighted by Crippen LogP contribution is -2.47. The first kappa shape index (κ1) is 19.6. The Labute approximate surface area is 152 Å². The lowest BCUT2D eigenvalue weighted by molar-refractivity contribution is 0.118. The Balaban J connectivity index is 2.13. The van der Waals surface area contributed by atoms with E-state index in [0.29, 0.717) is 13.2 Å². The van der Waals surface area contributed by atoms with Gasteiger partial charge in [-0.1, -0.05) is 26.3 Å². The van der Waals surface area contributed by atoms with Crippen molar-refractivity contribution in [2.24, 2.45) is 0 Å². The van der Waals surface area contributed by atoms with Crippen LogP contribution in [0.25, 0.3) is 0 Å². The second-order valence-corrected chi connectivity index (χ2v) is 6.34. The van der Waals surface area contributed by atoms with Crippen molar-refractivity contribution in [3.05, 3.63) is 23.8 Å². The smallest absolute Gasteiger partial charge is 0.161 e. The van der Waals surface area contributed by atoms with E-state index < -0.39 is 0 Å². The van der Waals surface area contributed by atoms with Crippen LogP contribution in [0.3, 0.4) is 0 Å². The summed E-state index contributed by atoms with van der Waals surface area (Å²) in [6.45, 7) is 12.5. The van der Waals surface area contributed by atoms with E-state index in [9.17, 15) is 5.26 Å². The minimum atomic E-state index is -0.233. The molecule has 0 amide bonds. The van der Waals surface area contributed by atoms with Crippen molar-refractivity contribution in [2.75, 3.05) is 45.9 Å². The molecule has 1 atom stereocenters. The molecule has 25 heavy (non-hydrogen) atoms. The van der Waals surface area contributed by atoms with Crippen molar-refractivity contribution in [2.45, 2.75) is 39.7 Å². The van der Waals surface area contributed by atoms with Crippen molar-refractivity contribution in [3.63, 3.8) is 0 Å². The summed E-state index contributed by atoms with van der Waals surface area (Å²) in [6.07, 6.45) is 2.12. The Morgan fingerprint density at radius 3 is 2.44 bits per heavy atom. The molecule has 1 saturated heterocycles. The lowest BCUT2D eigenvalue weighted by Gasteiger charge is -2.36. The molecule has 1 aromatic rings. The highest BCUT2D eigenvalue weighted by molar-refractivity contribution is 5.45. The van der Waals surface area contributed by atoms with E-state index in [4.69, 9.17) is 9.47 Å². The first-order valence-electron chi connectivity index (χ1n) is 9.49. The Kier molecular flexibility index (Phi) is 8.03. The Morgan fingerprint density at radius 2 is 1.84 bits per heavy atom. The first-order valence-corrected chi connectivity index (χ1v) is 9.49. The molecule has 1 fully saturated rings. The maximum atomic E-state index is 9.74. The molecule has 0 N–H and O–H groups in total. The molecule has 5 heteroatoms. The Morgan fingerprint density at radius 1 is 1.08 bits per heavy atom. The van der Waals surface area contributed by atoms with E-state index in [2.05, 4.69) is 29.7 Å². The van der Waals surface area contributed by atoms with Crippen molar-refractivity contribution in [3.8, 4) is 17.6 Å². The van der Waals surface area contributed by atoms with Gasteiger partial charge in [0.15, 0.2) is 11.5 Å². The van der Waals surface area contributed by atoms with E-state index in [1.165, 1.54) is 0 Å². The van der Waals surface area contributed by atoms with Crippen LogP contribution >= 0.6 is 0 Å². The minimum Gasteiger partial charge on any atom is -0.490 e. The van der Waals surface area contributed by atoms with Crippen LogP contribution in [-0.2, 0) is 0 Å². The summed E-state index contributed by atoms with van der Waals surface area (Å²) >= 11 is 0. The summed E-state index contributed by atoms with van der Waals surface area (Å²) in [5, 5.41) is 9.74. The summed E-state index contributed by atoms with van der Waals surface area (Å²) < 4.78 is 11.6. The average Bonchev–Trinajstić information content (AvgIpc) is 2.65. The second kappa shape index (κ2) is 10.3. The zero-order chi connectivity index (χ0) is 18.1. The van der Waals surface area contributed by atoms with Gasteiger partial charge >= 0.3 is 0 Å². The van der Waals surface area contributed by atoms with Gasteiger partial charge in [0.05, 0.1) is 19.3 Å². The van der Waals surface area contributed by atoms with Gasteiger partial charge in [0.1, 0.15) is 6.04 Å². The fourth-order valence-electron chi connectivity index (χ4n) is 3.11. The van der Waals surface area contributed by atoms with Gasteiger partial charge in [-0.25, -0.2) is 0 Å². The molecule has 2 rings (SSSR count). The van der Waals surface area contributed by atoms with Crippen LogP contribution in [0.5, 0.6) is 11.5 Å². The van der Waals surface area contributed by atoms with Gasteiger partial charge in [-0.15, -0.1) is 0 Å². The zero-order valence-electron chi connectivity index (χ0n) is 15.8. The van der Waals surface area contributed by atoms with Crippen molar-refractivity contribution in [1.29, 1.82) is 5.26 Å². The van der Waals surface area contributed by atoms with Crippen LogP contribution in [0.15, 0.2) is 18.2 Å². The quantitative estimate of drug-likeness (QED) is 0.642. The van der Waals surface area contributed by atoms with E-state index in [0.717, 1.165) is 62.6 Å². The molecule has 5 nitrogen and oxygen atoms in total. The molecular weight excluding hydrogens is 314 g/mol. The number of unbranched alkanes of at least 4 members (excludes halogenated alkanes) is 1. The number of ether oxygens (including phenoxy) is 2. The van der Waals surface area contributed by atoms with Gasteiger partial charge < -0.3 is 14.4 Å². The second-order valence-electron chi connectivity index (χ2n) is 6.34. The summed E-state index contributed by atoms with van der Waals surface area (Å²) in [5.41, 5.74) is 0.985. The van der Waals surface area contributed by atoms with Crippen LogP contribution in [-0.4, -0.2) is 55.7 Å². The third-order valence-electron chi connectivity index (χ3n) is 4.68. The lowest BCUT2D eigenvalue weighted by atomic mass is 10.0. The van der Waals surface area contributed by atoms with Crippen molar-refractivity contribution >= 4 is 0 Å². The Hall–Kier alpha value is -1.77. The standard InChI is InChI=1S/C20H31N3O2/c1-4-7-14-25-19-9-8-17(15-20(19)24-6-3)18(16-21)23-12-10-22(5-2)11-13-23/h8-9,15,18H,4-7,10-14H2,1-3H3. The SMILES string of the molecule is CCCCOc1ccc(C(C#N)N2CCN(CC)CC2)cc1OCC. The summed E-state index contributed by atoms with van der Waals surface area (Å²) in [4.78, 5) is 4.68. The average molecular weight is 345 g/mol. The molecule has 1 aromatic carbocycles. The summed E-state index contributed by atoms with van der Waals surface area (Å²) in [5.74, 6) is 1.51. The number of nitriles is 1. The molecule has 0 radical (unpaired) electrons. The fraction of sp³-hybridized carbons (Fsp3) is 0.650. The van der Waals surface area contributed by atoms with E-state index in [-0.39, 0.29) is 6.04 Å². The number of hydrogen-bond donors (Lipinski definition) is 0.